The van der Waals surface area contributed by atoms with Crippen molar-refractivity contribution in [1.82, 2.24) is 0 Å². The Bertz CT molecular complexity index is 1050. The van der Waals surface area contributed by atoms with Gasteiger partial charge in [-0.1, -0.05) is 40.9 Å². The van der Waals surface area contributed by atoms with Crippen molar-refractivity contribution in [1.29, 1.82) is 0 Å². The molecule has 0 saturated carbocycles. The lowest BCUT2D eigenvalue weighted by molar-refractivity contribution is 0.269. The number of nitrogens with zero attached hydrogens (tertiary/aromatic N) is 1. The highest BCUT2D eigenvalue weighted by Crippen LogP contribution is 2.37. The van der Waals surface area contributed by atoms with Gasteiger partial charge in [-0.05, 0) is 67.9 Å². The second kappa shape index (κ2) is 11.3. The van der Waals surface area contributed by atoms with Crippen LogP contribution in [0.4, 0.5) is 5.69 Å². The minimum Gasteiger partial charge on any atom is -0.494 e. The summed E-state index contributed by atoms with van der Waals surface area (Å²) in [6.07, 6.45) is 1.73. The summed E-state index contributed by atoms with van der Waals surface area (Å²) in [5, 5.41) is 1.52. The molecule has 3 aromatic carbocycles. The number of halogens is 3. The highest BCUT2D eigenvalue weighted by Gasteiger charge is 2.13. The summed E-state index contributed by atoms with van der Waals surface area (Å²) in [5.41, 5.74) is 2.39. The van der Waals surface area contributed by atoms with Crippen molar-refractivity contribution < 1.29 is 14.2 Å². The highest BCUT2D eigenvalue weighted by molar-refractivity contribution is 6.35. The van der Waals surface area contributed by atoms with Crippen LogP contribution in [-0.4, -0.2) is 19.4 Å². The van der Waals surface area contributed by atoms with Gasteiger partial charge in [-0.3, -0.25) is 4.99 Å². The minimum atomic E-state index is 0.232. The van der Waals surface area contributed by atoms with Crippen molar-refractivity contribution in [2.45, 2.75) is 20.5 Å². The first-order chi connectivity index (χ1) is 15.0. The van der Waals surface area contributed by atoms with E-state index in [0.29, 0.717) is 39.8 Å². The monoisotopic (exact) mass is 477 g/mol. The normalized spacial score (nSPS) is 11.0. The fourth-order valence-corrected chi connectivity index (χ4v) is 3.54. The van der Waals surface area contributed by atoms with Gasteiger partial charge in [0.05, 0.1) is 23.9 Å². The van der Waals surface area contributed by atoms with E-state index in [1.165, 1.54) is 0 Å². The molecule has 3 aromatic rings. The van der Waals surface area contributed by atoms with Crippen LogP contribution in [0.15, 0.2) is 59.6 Å². The molecule has 0 aliphatic heterocycles. The van der Waals surface area contributed by atoms with Crippen LogP contribution in [0.2, 0.25) is 15.1 Å². The van der Waals surface area contributed by atoms with Crippen LogP contribution in [0.1, 0.15) is 25.0 Å². The first kappa shape index (κ1) is 23.3. The molecule has 0 spiro atoms. The van der Waals surface area contributed by atoms with Crippen LogP contribution in [0, 0.1) is 0 Å². The zero-order valence-electron chi connectivity index (χ0n) is 17.2. The Balaban J connectivity index is 1.79. The van der Waals surface area contributed by atoms with E-state index >= 15 is 0 Å². The highest BCUT2D eigenvalue weighted by atomic mass is 35.5. The second-order valence-corrected chi connectivity index (χ2v) is 7.72. The number of rotatable bonds is 9. The van der Waals surface area contributed by atoms with Gasteiger partial charge in [0.15, 0.2) is 11.5 Å². The molecule has 0 aliphatic rings. The van der Waals surface area contributed by atoms with Crippen LogP contribution in [0.5, 0.6) is 17.2 Å². The topological polar surface area (TPSA) is 40.0 Å². The smallest absolute Gasteiger partial charge is 0.180 e. The average molecular weight is 479 g/mol. The van der Waals surface area contributed by atoms with Gasteiger partial charge in [0.1, 0.15) is 12.4 Å². The van der Waals surface area contributed by atoms with E-state index in [4.69, 9.17) is 49.0 Å². The van der Waals surface area contributed by atoms with Gasteiger partial charge in [0.2, 0.25) is 0 Å². The Labute approximate surface area is 197 Å². The van der Waals surface area contributed by atoms with Crippen LogP contribution in [-0.2, 0) is 6.61 Å². The minimum absolute atomic E-state index is 0.232. The molecule has 0 bridgehead atoms. The first-order valence-electron chi connectivity index (χ1n) is 9.80. The van der Waals surface area contributed by atoms with Gasteiger partial charge >= 0.3 is 0 Å². The third-order valence-corrected chi connectivity index (χ3v) is 5.10. The standard InChI is InChI=1S/C24H22Cl3NO3/c1-3-29-20-9-7-19(8-10-20)28-14-16-11-22(27)24(23(12-16)30-4-2)31-15-17-5-6-18(25)13-21(17)26/h5-14H,3-4,15H2,1-2H3. The fraction of sp³-hybridized carbons (Fsp3) is 0.208. The summed E-state index contributed by atoms with van der Waals surface area (Å²) in [5.74, 6) is 1.80. The van der Waals surface area contributed by atoms with E-state index in [1.807, 2.05) is 50.2 Å². The molecule has 162 valence electrons. The lowest BCUT2D eigenvalue weighted by Gasteiger charge is -2.15. The summed E-state index contributed by atoms with van der Waals surface area (Å²) >= 11 is 18.7. The van der Waals surface area contributed by atoms with E-state index in [1.54, 1.807) is 24.4 Å². The first-order valence-corrected chi connectivity index (χ1v) is 10.9. The predicted octanol–water partition coefficient (Wildman–Crippen LogP) is 7.77. The van der Waals surface area contributed by atoms with E-state index in [-0.39, 0.29) is 6.61 Å². The van der Waals surface area contributed by atoms with Gasteiger partial charge in [-0.15, -0.1) is 0 Å². The molecule has 0 unspecified atom stereocenters. The molecule has 0 saturated heterocycles. The van der Waals surface area contributed by atoms with Crippen molar-refractivity contribution in [3.8, 4) is 17.2 Å². The van der Waals surface area contributed by atoms with Crippen molar-refractivity contribution in [2.24, 2.45) is 4.99 Å². The number of ether oxygens (including phenoxy) is 3. The number of hydrogen-bond donors (Lipinski definition) is 0. The SMILES string of the molecule is CCOc1ccc(N=Cc2cc(Cl)c(OCc3ccc(Cl)cc3Cl)c(OCC)c2)cc1. The van der Waals surface area contributed by atoms with Crippen molar-refractivity contribution in [2.75, 3.05) is 13.2 Å². The van der Waals surface area contributed by atoms with Crippen LogP contribution in [0.25, 0.3) is 0 Å². The Hall–Kier alpha value is -2.40. The summed E-state index contributed by atoms with van der Waals surface area (Å²) in [6, 6.07) is 16.4. The van der Waals surface area contributed by atoms with E-state index < -0.39 is 0 Å². The lowest BCUT2D eigenvalue weighted by atomic mass is 10.2. The largest absolute Gasteiger partial charge is 0.494 e. The molecule has 7 heteroatoms. The zero-order chi connectivity index (χ0) is 22.2. The molecular weight excluding hydrogens is 457 g/mol. The van der Waals surface area contributed by atoms with Crippen molar-refractivity contribution in [3.63, 3.8) is 0 Å². The molecule has 0 heterocycles. The second-order valence-electron chi connectivity index (χ2n) is 6.47. The molecule has 0 N–H and O–H groups in total. The molecule has 0 amide bonds. The van der Waals surface area contributed by atoms with Crippen LogP contribution < -0.4 is 14.2 Å². The van der Waals surface area contributed by atoms with E-state index in [9.17, 15) is 0 Å². The van der Waals surface area contributed by atoms with Gasteiger partial charge < -0.3 is 14.2 Å². The summed E-state index contributed by atoms with van der Waals surface area (Å²) in [4.78, 5) is 4.50. The number of benzene rings is 3. The maximum absolute atomic E-state index is 6.50. The Kier molecular flexibility index (Phi) is 8.47. The van der Waals surface area contributed by atoms with Crippen molar-refractivity contribution in [3.05, 3.63) is 80.8 Å². The molecule has 4 nitrogen and oxygen atoms in total. The average Bonchev–Trinajstić information content (AvgIpc) is 2.74. The quantitative estimate of drug-likeness (QED) is 0.295. The molecule has 3 rings (SSSR count). The molecule has 0 aromatic heterocycles. The molecule has 0 fully saturated rings. The third-order valence-electron chi connectivity index (χ3n) is 4.23. The maximum atomic E-state index is 6.50. The third kappa shape index (κ3) is 6.54. The Morgan fingerprint density at radius 2 is 1.55 bits per heavy atom. The molecular formula is C24H22Cl3NO3. The molecule has 0 atom stereocenters. The summed E-state index contributed by atoms with van der Waals surface area (Å²) < 4.78 is 17.1. The van der Waals surface area contributed by atoms with Crippen LogP contribution >= 0.6 is 34.8 Å². The van der Waals surface area contributed by atoms with Crippen LogP contribution in [0.3, 0.4) is 0 Å². The zero-order valence-corrected chi connectivity index (χ0v) is 19.5. The maximum Gasteiger partial charge on any atom is 0.180 e. The van der Waals surface area contributed by atoms with Gasteiger partial charge in [0, 0.05) is 21.8 Å². The Morgan fingerprint density at radius 1 is 0.806 bits per heavy atom. The summed E-state index contributed by atoms with van der Waals surface area (Å²) in [6.45, 7) is 5.17. The fourth-order valence-electron chi connectivity index (χ4n) is 2.80. The van der Waals surface area contributed by atoms with Gasteiger partial charge in [-0.2, -0.15) is 0 Å². The number of aliphatic imine (C=N–C) groups is 1. The number of hydrogen-bond acceptors (Lipinski definition) is 4. The van der Waals surface area contributed by atoms with E-state index in [2.05, 4.69) is 4.99 Å². The predicted molar refractivity (Wildman–Crippen MR) is 128 cm³/mol. The van der Waals surface area contributed by atoms with Gasteiger partial charge in [-0.25, -0.2) is 0 Å². The molecule has 0 radical (unpaired) electrons. The van der Waals surface area contributed by atoms with E-state index in [0.717, 1.165) is 22.6 Å². The lowest BCUT2D eigenvalue weighted by Crippen LogP contribution is -2.02. The van der Waals surface area contributed by atoms with Gasteiger partial charge in [0.25, 0.3) is 0 Å². The Morgan fingerprint density at radius 3 is 2.23 bits per heavy atom. The molecule has 0 aliphatic carbocycles. The van der Waals surface area contributed by atoms with Crippen molar-refractivity contribution >= 4 is 46.7 Å². The summed E-state index contributed by atoms with van der Waals surface area (Å²) in [7, 11) is 0. The molecule has 31 heavy (non-hydrogen) atoms.